The molecule has 98 valence electrons. The first kappa shape index (κ1) is 12.6. The van der Waals surface area contributed by atoms with E-state index in [0.717, 1.165) is 0 Å². The first-order valence-corrected chi connectivity index (χ1v) is 5.77. The number of ether oxygens (including phenoxy) is 2. The summed E-state index contributed by atoms with van der Waals surface area (Å²) in [6.45, 7) is 5.38. The van der Waals surface area contributed by atoms with Crippen LogP contribution in [0.2, 0.25) is 0 Å². The van der Waals surface area contributed by atoms with E-state index in [9.17, 15) is 15.0 Å². The molecule has 0 saturated carbocycles. The van der Waals surface area contributed by atoms with E-state index in [2.05, 4.69) is 0 Å². The van der Waals surface area contributed by atoms with Gasteiger partial charge in [0.15, 0.2) is 0 Å². The van der Waals surface area contributed by atoms with Crippen LogP contribution in [0.5, 0.6) is 0 Å². The Hall–Kier alpha value is -0.850. The zero-order valence-corrected chi connectivity index (χ0v) is 10.3. The third-order valence-corrected chi connectivity index (χ3v) is 2.94. The summed E-state index contributed by atoms with van der Waals surface area (Å²) in [6.07, 6.45) is -1.73. The van der Waals surface area contributed by atoms with E-state index in [1.165, 1.54) is 4.90 Å². The van der Waals surface area contributed by atoms with Crippen LogP contribution in [0, 0.1) is 0 Å². The van der Waals surface area contributed by atoms with Crippen LogP contribution in [0.1, 0.15) is 20.8 Å². The molecule has 2 rings (SSSR count). The molecule has 2 N–H and O–H groups in total. The van der Waals surface area contributed by atoms with Crippen molar-refractivity contribution in [2.75, 3.05) is 13.2 Å². The molecule has 6 heteroatoms. The van der Waals surface area contributed by atoms with Crippen LogP contribution >= 0.6 is 0 Å². The maximum Gasteiger partial charge on any atom is 0.410 e. The van der Waals surface area contributed by atoms with Crippen molar-refractivity contribution in [2.45, 2.75) is 50.7 Å². The molecule has 0 aliphatic carbocycles. The van der Waals surface area contributed by atoms with Crippen molar-refractivity contribution in [3.05, 3.63) is 0 Å². The van der Waals surface area contributed by atoms with Gasteiger partial charge in [0.2, 0.25) is 0 Å². The fourth-order valence-electron chi connectivity index (χ4n) is 2.07. The predicted octanol–water partition coefficient (Wildman–Crippen LogP) is -0.274. The lowest BCUT2D eigenvalue weighted by Crippen LogP contribution is -2.57. The van der Waals surface area contributed by atoms with Crippen molar-refractivity contribution in [1.82, 2.24) is 4.90 Å². The quantitative estimate of drug-likeness (QED) is 0.621. The summed E-state index contributed by atoms with van der Waals surface area (Å²) >= 11 is 0. The third kappa shape index (κ3) is 2.53. The number of carbonyl (C=O) groups is 1. The average molecular weight is 245 g/mol. The zero-order chi connectivity index (χ0) is 12.8. The van der Waals surface area contributed by atoms with E-state index >= 15 is 0 Å². The van der Waals surface area contributed by atoms with Crippen LogP contribution in [0.25, 0.3) is 0 Å². The van der Waals surface area contributed by atoms with Gasteiger partial charge in [-0.15, -0.1) is 0 Å². The minimum Gasteiger partial charge on any atom is -0.444 e. The highest BCUT2D eigenvalue weighted by atomic mass is 16.6. The summed E-state index contributed by atoms with van der Waals surface area (Å²) in [5.41, 5.74) is -0.594. The summed E-state index contributed by atoms with van der Waals surface area (Å²) in [5.74, 6) is 0. The minimum atomic E-state index is -0.841. The van der Waals surface area contributed by atoms with Crippen LogP contribution in [0.4, 0.5) is 4.79 Å². The number of fused-ring (bicyclic) bond motifs is 1. The van der Waals surface area contributed by atoms with Gasteiger partial charge in [-0.1, -0.05) is 0 Å². The number of aliphatic hydroxyl groups is 2. The van der Waals surface area contributed by atoms with Crippen molar-refractivity contribution < 1.29 is 24.5 Å². The highest BCUT2D eigenvalue weighted by molar-refractivity contribution is 5.69. The van der Waals surface area contributed by atoms with Crippen LogP contribution in [0.15, 0.2) is 0 Å². The fraction of sp³-hybridized carbons (Fsp3) is 0.909. The summed E-state index contributed by atoms with van der Waals surface area (Å²) in [4.78, 5) is 13.3. The molecule has 2 saturated heterocycles. The summed E-state index contributed by atoms with van der Waals surface area (Å²) in [5, 5.41) is 19.1. The molecule has 2 aliphatic rings. The van der Waals surface area contributed by atoms with Gasteiger partial charge in [0.25, 0.3) is 0 Å². The third-order valence-electron chi connectivity index (χ3n) is 2.94. The molecule has 1 amide bonds. The van der Waals surface area contributed by atoms with E-state index in [-0.39, 0.29) is 18.8 Å². The van der Waals surface area contributed by atoms with E-state index in [4.69, 9.17) is 9.47 Å². The maximum atomic E-state index is 11.9. The average Bonchev–Trinajstić information content (AvgIpc) is 2.94. The van der Waals surface area contributed by atoms with Crippen molar-refractivity contribution in [2.24, 2.45) is 0 Å². The van der Waals surface area contributed by atoms with E-state index in [0.29, 0.717) is 6.54 Å². The normalized spacial score (nSPS) is 36.4. The number of aliphatic hydroxyl groups excluding tert-OH is 2. The Balaban J connectivity index is 2.05. The summed E-state index contributed by atoms with van der Waals surface area (Å²) in [7, 11) is 0. The molecule has 0 radical (unpaired) electrons. The SMILES string of the molecule is CC(C)(C)OC(=O)N1C[C@H]2O[C@H]2[C@@H](O)[C@H]1CO. The van der Waals surface area contributed by atoms with Crippen LogP contribution < -0.4 is 0 Å². The van der Waals surface area contributed by atoms with Crippen LogP contribution in [-0.4, -0.2) is 64.3 Å². The number of piperidine rings is 1. The molecule has 4 atom stereocenters. The van der Waals surface area contributed by atoms with Gasteiger partial charge in [0.05, 0.1) is 19.2 Å². The zero-order valence-electron chi connectivity index (χ0n) is 10.3. The highest BCUT2D eigenvalue weighted by Crippen LogP contribution is 2.35. The standard InChI is InChI=1S/C11H19NO5/c1-11(2,3)17-10(15)12-4-7-9(16-7)8(14)6(12)5-13/h6-9,13-14H,4-5H2,1-3H3/t6-,7-,8+,9-/m1/s1. The second kappa shape index (κ2) is 4.12. The Labute approximate surface area is 100 Å². The number of epoxide rings is 1. The monoisotopic (exact) mass is 245 g/mol. The molecule has 0 unspecified atom stereocenters. The van der Waals surface area contributed by atoms with Gasteiger partial charge in [-0.2, -0.15) is 0 Å². The molecule has 0 bridgehead atoms. The molecule has 0 spiro atoms. The summed E-state index contributed by atoms with van der Waals surface area (Å²) < 4.78 is 10.5. The molecular formula is C11H19NO5. The maximum absolute atomic E-state index is 11.9. The number of hydrogen-bond acceptors (Lipinski definition) is 5. The lowest BCUT2D eigenvalue weighted by molar-refractivity contribution is -0.0297. The molecule has 0 aromatic rings. The molecule has 17 heavy (non-hydrogen) atoms. The van der Waals surface area contributed by atoms with Gasteiger partial charge in [-0.05, 0) is 20.8 Å². The second-order valence-corrected chi connectivity index (χ2v) is 5.51. The van der Waals surface area contributed by atoms with E-state index in [1.54, 1.807) is 20.8 Å². The molecule has 2 aliphatic heterocycles. The minimum absolute atomic E-state index is 0.125. The van der Waals surface area contributed by atoms with Crippen molar-refractivity contribution in [1.29, 1.82) is 0 Å². The number of carbonyl (C=O) groups excluding carboxylic acids is 1. The van der Waals surface area contributed by atoms with Gasteiger partial charge >= 0.3 is 6.09 Å². The number of hydrogen-bond donors (Lipinski definition) is 2. The number of amides is 1. The smallest absolute Gasteiger partial charge is 0.410 e. The molecular weight excluding hydrogens is 226 g/mol. The van der Waals surface area contributed by atoms with E-state index < -0.39 is 23.8 Å². The molecule has 2 fully saturated rings. The largest absolute Gasteiger partial charge is 0.444 e. The Morgan fingerprint density at radius 3 is 2.71 bits per heavy atom. The number of rotatable bonds is 1. The fourth-order valence-corrected chi connectivity index (χ4v) is 2.07. The van der Waals surface area contributed by atoms with Crippen LogP contribution in [0.3, 0.4) is 0 Å². The number of nitrogens with zero attached hydrogens (tertiary/aromatic N) is 1. The van der Waals surface area contributed by atoms with Crippen molar-refractivity contribution in [3.63, 3.8) is 0 Å². The lowest BCUT2D eigenvalue weighted by atomic mass is 10.00. The van der Waals surface area contributed by atoms with Gasteiger partial charge in [-0.3, -0.25) is 4.90 Å². The molecule has 0 aromatic carbocycles. The topological polar surface area (TPSA) is 82.5 Å². The van der Waals surface area contributed by atoms with Crippen molar-refractivity contribution >= 4 is 6.09 Å². The van der Waals surface area contributed by atoms with Crippen LogP contribution in [-0.2, 0) is 9.47 Å². The predicted molar refractivity (Wildman–Crippen MR) is 58.5 cm³/mol. The number of likely N-dealkylation sites (tertiary alicyclic amines) is 1. The van der Waals surface area contributed by atoms with Gasteiger partial charge in [-0.25, -0.2) is 4.79 Å². The first-order chi connectivity index (χ1) is 7.83. The van der Waals surface area contributed by atoms with Crippen molar-refractivity contribution in [3.8, 4) is 0 Å². The Morgan fingerprint density at radius 1 is 1.53 bits per heavy atom. The molecule has 6 nitrogen and oxygen atoms in total. The van der Waals surface area contributed by atoms with Gasteiger partial charge < -0.3 is 19.7 Å². The lowest BCUT2D eigenvalue weighted by Gasteiger charge is -2.36. The highest BCUT2D eigenvalue weighted by Gasteiger charge is 2.55. The van der Waals surface area contributed by atoms with Gasteiger partial charge in [0.1, 0.15) is 23.9 Å². The Kier molecular flexibility index (Phi) is 3.05. The first-order valence-electron chi connectivity index (χ1n) is 5.77. The van der Waals surface area contributed by atoms with Gasteiger partial charge in [0, 0.05) is 0 Å². The Bertz CT molecular complexity index is 313. The molecule has 0 aromatic heterocycles. The summed E-state index contributed by atoms with van der Waals surface area (Å²) in [6, 6.07) is -0.645. The second-order valence-electron chi connectivity index (χ2n) is 5.51. The molecule has 2 heterocycles. The Morgan fingerprint density at radius 2 is 2.18 bits per heavy atom. The van der Waals surface area contributed by atoms with E-state index in [1.807, 2.05) is 0 Å².